The first-order valence-corrected chi connectivity index (χ1v) is 6.67. The van der Waals surface area contributed by atoms with Gasteiger partial charge in [-0.25, -0.2) is 4.79 Å². The fourth-order valence-corrected chi connectivity index (χ4v) is 2.83. The summed E-state index contributed by atoms with van der Waals surface area (Å²) in [5, 5.41) is 0. The molecule has 1 saturated carbocycles. The Morgan fingerprint density at radius 2 is 1.89 bits per heavy atom. The molecule has 0 unspecified atom stereocenters. The van der Waals surface area contributed by atoms with E-state index in [1.165, 1.54) is 26.4 Å². The van der Waals surface area contributed by atoms with Crippen molar-refractivity contribution in [3.8, 4) is 0 Å². The molecule has 0 saturated heterocycles. The molecule has 0 heterocycles. The largest absolute Gasteiger partial charge is 0.465 e. The monoisotopic (exact) mass is 283 g/mol. The van der Waals surface area contributed by atoms with Crippen molar-refractivity contribution in [3.63, 3.8) is 0 Å². The number of carbonyl (C=O) groups excluding carboxylic acids is 1. The molecule has 106 valence electrons. The average molecular weight is 284 g/mol. The number of rotatable bonds is 3. The number of carbonyl (C=O) groups is 1. The molecule has 4 heteroatoms. The standard InChI is InChI=1S/C15H21NO2.ClH/c1-18-15(17)13-10-6-5-9-12(13)14(16)11-7-3-2-4-8-11;/h5-6,9-11,14H,2-4,7-8,16H2,1H3;1H/t14-;/m1./s1. The van der Waals surface area contributed by atoms with Crippen molar-refractivity contribution in [2.24, 2.45) is 11.7 Å². The topological polar surface area (TPSA) is 52.3 Å². The Balaban J connectivity index is 0.00000180. The normalized spacial score (nSPS) is 17.4. The van der Waals surface area contributed by atoms with Crippen LogP contribution >= 0.6 is 12.4 Å². The molecular weight excluding hydrogens is 262 g/mol. The van der Waals surface area contributed by atoms with Gasteiger partial charge >= 0.3 is 5.97 Å². The van der Waals surface area contributed by atoms with Gasteiger partial charge in [0.05, 0.1) is 12.7 Å². The summed E-state index contributed by atoms with van der Waals surface area (Å²) in [7, 11) is 1.41. The molecule has 1 aromatic carbocycles. The van der Waals surface area contributed by atoms with E-state index < -0.39 is 0 Å². The van der Waals surface area contributed by atoms with E-state index in [0.29, 0.717) is 11.5 Å². The van der Waals surface area contributed by atoms with E-state index >= 15 is 0 Å². The number of hydrogen-bond donors (Lipinski definition) is 1. The van der Waals surface area contributed by atoms with Gasteiger partial charge in [0.25, 0.3) is 0 Å². The van der Waals surface area contributed by atoms with Crippen LogP contribution in [0.1, 0.15) is 54.1 Å². The zero-order valence-corrected chi connectivity index (χ0v) is 12.1. The highest BCUT2D eigenvalue weighted by atomic mass is 35.5. The van der Waals surface area contributed by atoms with Gasteiger partial charge in [-0.15, -0.1) is 12.4 Å². The molecule has 3 nitrogen and oxygen atoms in total. The van der Waals surface area contributed by atoms with Crippen LogP contribution in [0.2, 0.25) is 0 Å². The van der Waals surface area contributed by atoms with E-state index in [1.54, 1.807) is 6.07 Å². The van der Waals surface area contributed by atoms with Crippen LogP contribution in [0.4, 0.5) is 0 Å². The van der Waals surface area contributed by atoms with E-state index in [0.717, 1.165) is 18.4 Å². The Hall–Kier alpha value is -1.06. The number of ether oxygens (including phenoxy) is 1. The van der Waals surface area contributed by atoms with Crippen LogP contribution in [0.5, 0.6) is 0 Å². The van der Waals surface area contributed by atoms with Crippen LogP contribution in [0.3, 0.4) is 0 Å². The molecule has 0 radical (unpaired) electrons. The van der Waals surface area contributed by atoms with Crippen LogP contribution in [0.25, 0.3) is 0 Å². The number of hydrogen-bond acceptors (Lipinski definition) is 3. The number of esters is 1. The van der Waals surface area contributed by atoms with Gasteiger partial charge in [-0.1, -0.05) is 37.5 Å². The first-order valence-electron chi connectivity index (χ1n) is 6.67. The minimum atomic E-state index is -0.295. The van der Waals surface area contributed by atoms with Crippen molar-refractivity contribution in [1.29, 1.82) is 0 Å². The zero-order valence-electron chi connectivity index (χ0n) is 11.3. The molecule has 1 aliphatic carbocycles. The Bertz CT molecular complexity index is 416. The Morgan fingerprint density at radius 3 is 2.53 bits per heavy atom. The summed E-state index contributed by atoms with van der Waals surface area (Å²) >= 11 is 0. The summed E-state index contributed by atoms with van der Waals surface area (Å²) in [6, 6.07) is 7.48. The van der Waals surface area contributed by atoms with Crippen LogP contribution in [-0.4, -0.2) is 13.1 Å². The highest BCUT2D eigenvalue weighted by Gasteiger charge is 2.25. The van der Waals surface area contributed by atoms with Gasteiger partial charge in [0.2, 0.25) is 0 Å². The highest BCUT2D eigenvalue weighted by Crippen LogP contribution is 2.34. The maximum atomic E-state index is 11.7. The number of methoxy groups -OCH3 is 1. The lowest BCUT2D eigenvalue weighted by atomic mass is 9.80. The molecule has 0 aromatic heterocycles. The number of halogens is 1. The lowest BCUT2D eigenvalue weighted by Gasteiger charge is -2.28. The zero-order chi connectivity index (χ0) is 13.0. The molecule has 1 atom stereocenters. The second-order valence-corrected chi connectivity index (χ2v) is 5.00. The summed E-state index contributed by atoms with van der Waals surface area (Å²) in [6.45, 7) is 0. The van der Waals surface area contributed by atoms with E-state index in [-0.39, 0.29) is 24.4 Å². The summed E-state index contributed by atoms with van der Waals surface area (Å²) in [6.07, 6.45) is 6.13. The highest BCUT2D eigenvalue weighted by molar-refractivity contribution is 5.91. The van der Waals surface area contributed by atoms with Gasteiger partial charge in [0, 0.05) is 6.04 Å². The second-order valence-electron chi connectivity index (χ2n) is 5.00. The summed E-state index contributed by atoms with van der Waals surface area (Å²) < 4.78 is 4.82. The van der Waals surface area contributed by atoms with Crippen molar-refractivity contribution in [2.75, 3.05) is 7.11 Å². The third-order valence-corrected chi connectivity index (χ3v) is 3.88. The molecular formula is C15H22ClNO2. The Kier molecular flexibility index (Phi) is 6.32. The smallest absolute Gasteiger partial charge is 0.338 e. The van der Waals surface area contributed by atoms with Gasteiger partial charge in [-0.3, -0.25) is 0 Å². The summed E-state index contributed by atoms with van der Waals surface area (Å²) in [5.41, 5.74) is 7.89. The molecule has 0 aliphatic heterocycles. The summed E-state index contributed by atoms with van der Waals surface area (Å²) in [5.74, 6) is 0.196. The lowest BCUT2D eigenvalue weighted by Crippen LogP contribution is -2.25. The third-order valence-electron chi connectivity index (χ3n) is 3.88. The van der Waals surface area contributed by atoms with Crippen molar-refractivity contribution < 1.29 is 9.53 Å². The van der Waals surface area contributed by atoms with E-state index in [4.69, 9.17) is 10.5 Å². The van der Waals surface area contributed by atoms with Crippen molar-refractivity contribution in [1.82, 2.24) is 0 Å². The molecule has 1 aromatic rings. The fourth-order valence-electron chi connectivity index (χ4n) is 2.83. The van der Waals surface area contributed by atoms with Gasteiger partial charge in [0.15, 0.2) is 0 Å². The van der Waals surface area contributed by atoms with Crippen LogP contribution in [-0.2, 0) is 4.74 Å². The Labute approximate surface area is 120 Å². The first kappa shape index (κ1) is 16.0. The number of nitrogens with two attached hydrogens (primary N) is 1. The van der Waals surface area contributed by atoms with Crippen molar-refractivity contribution in [3.05, 3.63) is 35.4 Å². The molecule has 0 bridgehead atoms. The fraction of sp³-hybridized carbons (Fsp3) is 0.533. The van der Waals surface area contributed by atoms with Crippen molar-refractivity contribution >= 4 is 18.4 Å². The summed E-state index contributed by atoms with van der Waals surface area (Å²) in [4.78, 5) is 11.7. The lowest BCUT2D eigenvalue weighted by molar-refractivity contribution is 0.0598. The quantitative estimate of drug-likeness (QED) is 0.864. The molecule has 1 aliphatic rings. The van der Waals surface area contributed by atoms with Gasteiger partial charge < -0.3 is 10.5 Å². The molecule has 0 spiro atoms. The van der Waals surface area contributed by atoms with Gasteiger partial charge in [0.1, 0.15) is 0 Å². The molecule has 19 heavy (non-hydrogen) atoms. The van der Waals surface area contributed by atoms with Crippen LogP contribution in [0, 0.1) is 5.92 Å². The van der Waals surface area contributed by atoms with Gasteiger partial charge in [-0.2, -0.15) is 0 Å². The predicted molar refractivity (Wildman–Crippen MR) is 78.5 cm³/mol. The first-order chi connectivity index (χ1) is 8.74. The third kappa shape index (κ3) is 3.71. The van der Waals surface area contributed by atoms with Crippen LogP contribution in [0.15, 0.2) is 24.3 Å². The molecule has 2 N–H and O–H groups in total. The van der Waals surface area contributed by atoms with Crippen molar-refractivity contribution in [2.45, 2.75) is 38.1 Å². The molecule has 2 rings (SSSR count). The minimum Gasteiger partial charge on any atom is -0.465 e. The van der Waals surface area contributed by atoms with Crippen LogP contribution < -0.4 is 5.73 Å². The SMILES string of the molecule is COC(=O)c1ccccc1[C@H](N)C1CCCCC1.Cl. The van der Waals surface area contributed by atoms with E-state index in [9.17, 15) is 4.79 Å². The second kappa shape index (κ2) is 7.51. The maximum absolute atomic E-state index is 11.7. The molecule has 0 amide bonds. The van der Waals surface area contributed by atoms with E-state index in [2.05, 4.69) is 0 Å². The average Bonchev–Trinajstić information content (AvgIpc) is 2.46. The number of benzene rings is 1. The predicted octanol–water partition coefficient (Wildman–Crippen LogP) is 3.48. The minimum absolute atomic E-state index is 0. The van der Waals surface area contributed by atoms with Gasteiger partial charge in [-0.05, 0) is 30.4 Å². The Morgan fingerprint density at radius 1 is 1.26 bits per heavy atom. The van der Waals surface area contributed by atoms with E-state index in [1.807, 2.05) is 18.2 Å². The molecule has 1 fully saturated rings. The maximum Gasteiger partial charge on any atom is 0.338 e.